The summed E-state index contributed by atoms with van der Waals surface area (Å²) in [4.78, 5) is 11.0. The first-order valence-electron chi connectivity index (χ1n) is 5.10. The molecule has 0 aliphatic heterocycles. The van der Waals surface area contributed by atoms with E-state index in [0.717, 1.165) is 12.1 Å². The van der Waals surface area contributed by atoms with Crippen molar-refractivity contribution in [2.75, 3.05) is 0 Å². The SMILES string of the molecule is Fc1cc(-c2nc3ccncc3[nH]2)c(F)cc1Cl. The molecule has 2 heterocycles. The minimum atomic E-state index is -0.688. The molecule has 3 aromatic rings. The van der Waals surface area contributed by atoms with E-state index >= 15 is 0 Å². The zero-order chi connectivity index (χ0) is 12.7. The molecule has 3 rings (SSSR count). The van der Waals surface area contributed by atoms with Gasteiger partial charge in [-0.2, -0.15) is 0 Å². The van der Waals surface area contributed by atoms with E-state index in [0.29, 0.717) is 11.0 Å². The molecule has 0 atom stereocenters. The summed E-state index contributed by atoms with van der Waals surface area (Å²) in [7, 11) is 0. The van der Waals surface area contributed by atoms with Gasteiger partial charge in [0.25, 0.3) is 0 Å². The molecule has 3 nitrogen and oxygen atoms in total. The number of rotatable bonds is 1. The molecule has 0 aliphatic carbocycles. The van der Waals surface area contributed by atoms with Crippen LogP contribution >= 0.6 is 11.6 Å². The minimum absolute atomic E-state index is 0.0353. The van der Waals surface area contributed by atoms with E-state index in [1.165, 1.54) is 0 Å². The number of nitrogens with zero attached hydrogens (tertiary/aromatic N) is 2. The minimum Gasteiger partial charge on any atom is -0.337 e. The number of imidazole rings is 1. The Morgan fingerprint density at radius 1 is 1.17 bits per heavy atom. The summed E-state index contributed by atoms with van der Waals surface area (Å²) in [6.07, 6.45) is 3.14. The fourth-order valence-electron chi connectivity index (χ4n) is 1.69. The van der Waals surface area contributed by atoms with Crippen LogP contribution in [0.2, 0.25) is 5.02 Å². The molecule has 90 valence electrons. The molecule has 0 amide bonds. The van der Waals surface area contributed by atoms with Crippen LogP contribution in [0.5, 0.6) is 0 Å². The van der Waals surface area contributed by atoms with Gasteiger partial charge in [0.1, 0.15) is 17.5 Å². The lowest BCUT2D eigenvalue weighted by Crippen LogP contribution is -1.89. The molecular formula is C12H6ClF2N3. The van der Waals surface area contributed by atoms with Crippen LogP contribution < -0.4 is 0 Å². The van der Waals surface area contributed by atoms with E-state index in [9.17, 15) is 8.78 Å². The van der Waals surface area contributed by atoms with Crippen molar-refractivity contribution in [2.45, 2.75) is 0 Å². The lowest BCUT2D eigenvalue weighted by molar-refractivity contribution is 0.602. The number of H-pyrrole nitrogens is 1. The van der Waals surface area contributed by atoms with Gasteiger partial charge in [-0.05, 0) is 18.2 Å². The predicted octanol–water partition coefficient (Wildman–Crippen LogP) is 3.56. The molecular weight excluding hydrogens is 260 g/mol. The second-order valence-electron chi connectivity index (χ2n) is 3.72. The number of hydrogen-bond donors (Lipinski definition) is 1. The molecule has 0 radical (unpaired) electrons. The van der Waals surface area contributed by atoms with Gasteiger partial charge in [-0.1, -0.05) is 11.6 Å². The van der Waals surface area contributed by atoms with Crippen molar-refractivity contribution in [2.24, 2.45) is 0 Å². The van der Waals surface area contributed by atoms with Gasteiger partial charge in [0.15, 0.2) is 0 Å². The van der Waals surface area contributed by atoms with Crippen molar-refractivity contribution in [3.05, 3.63) is 47.2 Å². The number of fused-ring (bicyclic) bond motifs is 1. The van der Waals surface area contributed by atoms with E-state index in [4.69, 9.17) is 11.6 Å². The Labute approximate surface area is 105 Å². The van der Waals surface area contributed by atoms with Crippen LogP contribution in [-0.2, 0) is 0 Å². The van der Waals surface area contributed by atoms with Crippen molar-refractivity contribution in [3.8, 4) is 11.4 Å². The number of nitrogens with one attached hydrogen (secondary N) is 1. The maximum absolute atomic E-state index is 13.7. The van der Waals surface area contributed by atoms with Crippen molar-refractivity contribution < 1.29 is 8.78 Å². The molecule has 0 fully saturated rings. The first-order valence-corrected chi connectivity index (χ1v) is 5.47. The second-order valence-corrected chi connectivity index (χ2v) is 4.13. The monoisotopic (exact) mass is 265 g/mol. The zero-order valence-corrected chi connectivity index (χ0v) is 9.67. The van der Waals surface area contributed by atoms with Crippen LogP contribution in [0.1, 0.15) is 0 Å². The summed E-state index contributed by atoms with van der Waals surface area (Å²) in [6, 6.07) is 3.62. The van der Waals surface area contributed by atoms with Gasteiger partial charge in [-0.25, -0.2) is 13.8 Å². The second kappa shape index (κ2) is 4.03. The Morgan fingerprint density at radius 2 is 2.00 bits per heavy atom. The fraction of sp³-hybridized carbons (Fsp3) is 0. The standard InChI is InChI=1S/C12H6ClF2N3/c13-7-4-8(14)6(3-9(7)15)12-17-10-1-2-16-5-11(10)18-12/h1-5H,(H,17,18). The number of aromatic nitrogens is 3. The third kappa shape index (κ3) is 1.73. The third-order valence-electron chi connectivity index (χ3n) is 2.55. The quantitative estimate of drug-likeness (QED) is 0.684. The van der Waals surface area contributed by atoms with Crippen molar-refractivity contribution in [3.63, 3.8) is 0 Å². The summed E-state index contributed by atoms with van der Waals surface area (Å²) < 4.78 is 27.1. The maximum Gasteiger partial charge on any atom is 0.142 e. The van der Waals surface area contributed by atoms with Crippen LogP contribution in [0.25, 0.3) is 22.4 Å². The molecule has 0 saturated heterocycles. The Hall–Kier alpha value is -2.01. The molecule has 18 heavy (non-hydrogen) atoms. The van der Waals surface area contributed by atoms with Gasteiger partial charge < -0.3 is 4.98 Å². The average Bonchev–Trinajstić information content (AvgIpc) is 2.77. The molecule has 1 N–H and O–H groups in total. The van der Waals surface area contributed by atoms with Gasteiger partial charge >= 0.3 is 0 Å². The highest BCUT2D eigenvalue weighted by Gasteiger charge is 2.13. The highest BCUT2D eigenvalue weighted by atomic mass is 35.5. The maximum atomic E-state index is 13.7. The molecule has 1 aromatic carbocycles. The number of benzene rings is 1. The molecule has 0 unspecified atom stereocenters. The van der Waals surface area contributed by atoms with Gasteiger partial charge in [0.05, 0.1) is 27.8 Å². The van der Waals surface area contributed by atoms with Crippen LogP contribution in [-0.4, -0.2) is 15.0 Å². The molecule has 0 aliphatic rings. The Balaban J connectivity index is 2.22. The van der Waals surface area contributed by atoms with Gasteiger partial charge in [0, 0.05) is 6.20 Å². The third-order valence-corrected chi connectivity index (χ3v) is 2.84. The summed E-state index contributed by atoms with van der Waals surface area (Å²) in [5.74, 6) is -1.08. The van der Waals surface area contributed by atoms with E-state index in [2.05, 4.69) is 15.0 Å². The molecule has 0 spiro atoms. The fourth-order valence-corrected chi connectivity index (χ4v) is 1.84. The smallest absolute Gasteiger partial charge is 0.142 e. The number of aromatic amines is 1. The first-order chi connectivity index (χ1) is 8.65. The lowest BCUT2D eigenvalue weighted by atomic mass is 10.2. The van der Waals surface area contributed by atoms with Crippen LogP contribution in [0, 0.1) is 11.6 Å². The van der Waals surface area contributed by atoms with Gasteiger partial charge in [-0.3, -0.25) is 4.98 Å². The Bertz CT molecular complexity index is 706. The van der Waals surface area contributed by atoms with Crippen LogP contribution in [0.4, 0.5) is 8.78 Å². The predicted molar refractivity (Wildman–Crippen MR) is 64.3 cm³/mol. The largest absolute Gasteiger partial charge is 0.337 e. The van der Waals surface area contributed by atoms with Crippen LogP contribution in [0.3, 0.4) is 0 Å². The van der Waals surface area contributed by atoms with E-state index in [1.54, 1.807) is 18.5 Å². The number of pyridine rings is 1. The van der Waals surface area contributed by atoms with E-state index in [1.807, 2.05) is 0 Å². The summed E-state index contributed by atoms with van der Waals surface area (Å²) in [5.41, 5.74) is 1.32. The average molecular weight is 266 g/mol. The molecule has 0 saturated carbocycles. The Kier molecular flexibility index (Phi) is 2.48. The highest BCUT2D eigenvalue weighted by molar-refractivity contribution is 6.30. The zero-order valence-electron chi connectivity index (χ0n) is 8.92. The van der Waals surface area contributed by atoms with E-state index < -0.39 is 11.6 Å². The highest BCUT2D eigenvalue weighted by Crippen LogP contribution is 2.27. The van der Waals surface area contributed by atoms with Gasteiger partial charge in [0.2, 0.25) is 0 Å². The van der Waals surface area contributed by atoms with Crippen LogP contribution in [0.15, 0.2) is 30.6 Å². The first kappa shape index (κ1) is 11.1. The summed E-state index contributed by atoms with van der Waals surface area (Å²) in [5, 5.41) is -0.256. The van der Waals surface area contributed by atoms with E-state index in [-0.39, 0.29) is 16.4 Å². The normalized spacial score (nSPS) is 11.1. The molecule has 0 bridgehead atoms. The van der Waals surface area contributed by atoms with Crippen molar-refractivity contribution >= 4 is 22.6 Å². The number of hydrogen-bond acceptors (Lipinski definition) is 2. The lowest BCUT2D eigenvalue weighted by Gasteiger charge is -2.01. The molecule has 2 aromatic heterocycles. The topological polar surface area (TPSA) is 41.6 Å². The van der Waals surface area contributed by atoms with Gasteiger partial charge in [-0.15, -0.1) is 0 Å². The van der Waals surface area contributed by atoms with Crippen molar-refractivity contribution in [1.82, 2.24) is 15.0 Å². The summed E-state index contributed by atoms with van der Waals surface area (Å²) >= 11 is 5.50. The molecule has 6 heteroatoms. The number of halogens is 3. The van der Waals surface area contributed by atoms with Crippen molar-refractivity contribution in [1.29, 1.82) is 0 Å². The Morgan fingerprint density at radius 3 is 2.78 bits per heavy atom. The summed E-state index contributed by atoms with van der Waals surface area (Å²) in [6.45, 7) is 0.